The molecule has 1 unspecified atom stereocenters. The van der Waals surface area contributed by atoms with Gasteiger partial charge in [-0.3, -0.25) is 4.79 Å². The molecule has 0 spiro atoms. The van der Waals surface area contributed by atoms with E-state index in [1.165, 1.54) is 5.01 Å². The predicted molar refractivity (Wildman–Crippen MR) is 85.7 cm³/mol. The highest BCUT2D eigenvalue weighted by molar-refractivity contribution is 6.30. The Morgan fingerprint density at radius 2 is 1.76 bits per heavy atom. The van der Waals surface area contributed by atoms with Crippen LogP contribution in [0.5, 0.6) is 0 Å². The number of hydrogen-bond donors (Lipinski definition) is 0. The lowest BCUT2D eigenvalue weighted by molar-refractivity contribution is -0.119. The SMILES string of the molecule is CC1CC(=O)N(c2ccccc2)N=C1c1ccc(Cl)cc1. The Balaban J connectivity index is 2.02. The quantitative estimate of drug-likeness (QED) is 0.821. The second kappa shape index (κ2) is 5.70. The molecule has 106 valence electrons. The number of anilines is 1. The Kier molecular flexibility index (Phi) is 3.76. The van der Waals surface area contributed by atoms with Crippen molar-refractivity contribution in [1.29, 1.82) is 0 Å². The maximum Gasteiger partial charge on any atom is 0.248 e. The first kappa shape index (κ1) is 13.8. The molecule has 2 aromatic carbocycles. The molecule has 0 radical (unpaired) electrons. The summed E-state index contributed by atoms with van der Waals surface area (Å²) in [5, 5.41) is 6.75. The molecule has 1 amide bonds. The Morgan fingerprint density at radius 1 is 1.10 bits per heavy atom. The predicted octanol–water partition coefficient (Wildman–Crippen LogP) is 4.12. The monoisotopic (exact) mass is 298 g/mol. The number of carbonyl (C=O) groups is 1. The number of nitrogens with zero attached hydrogens (tertiary/aromatic N) is 2. The van der Waals surface area contributed by atoms with E-state index in [0.29, 0.717) is 11.4 Å². The van der Waals surface area contributed by atoms with Gasteiger partial charge in [-0.2, -0.15) is 5.10 Å². The summed E-state index contributed by atoms with van der Waals surface area (Å²) in [6.45, 7) is 2.02. The summed E-state index contributed by atoms with van der Waals surface area (Å²) in [4.78, 5) is 12.2. The van der Waals surface area contributed by atoms with Crippen molar-refractivity contribution in [3.05, 3.63) is 65.2 Å². The lowest BCUT2D eigenvalue weighted by atomic mass is 9.94. The summed E-state index contributed by atoms with van der Waals surface area (Å²) in [5.41, 5.74) is 2.70. The van der Waals surface area contributed by atoms with Gasteiger partial charge in [-0.15, -0.1) is 0 Å². The first-order valence-electron chi connectivity index (χ1n) is 6.87. The molecule has 1 heterocycles. The fourth-order valence-electron chi connectivity index (χ4n) is 2.44. The third-order valence-electron chi connectivity index (χ3n) is 3.53. The minimum atomic E-state index is 0.0198. The molecule has 1 aliphatic heterocycles. The molecule has 1 aliphatic rings. The zero-order chi connectivity index (χ0) is 14.8. The van der Waals surface area contributed by atoms with Gasteiger partial charge in [-0.1, -0.05) is 48.9 Å². The van der Waals surface area contributed by atoms with Gasteiger partial charge in [-0.05, 0) is 29.8 Å². The van der Waals surface area contributed by atoms with Gasteiger partial charge in [0, 0.05) is 17.4 Å². The highest BCUT2D eigenvalue weighted by Crippen LogP contribution is 2.25. The van der Waals surface area contributed by atoms with Crippen LogP contribution >= 0.6 is 11.6 Å². The smallest absolute Gasteiger partial charge is 0.248 e. The standard InChI is InChI=1S/C17H15ClN2O/c1-12-11-16(21)20(15-5-3-2-4-6-15)19-17(12)13-7-9-14(18)10-8-13/h2-10,12H,11H2,1H3. The maximum atomic E-state index is 12.2. The molecular formula is C17H15ClN2O. The van der Waals surface area contributed by atoms with Gasteiger partial charge in [0.05, 0.1) is 11.4 Å². The van der Waals surface area contributed by atoms with Gasteiger partial charge >= 0.3 is 0 Å². The fraction of sp³-hybridized carbons (Fsp3) is 0.176. The molecule has 0 saturated carbocycles. The van der Waals surface area contributed by atoms with Crippen molar-refractivity contribution in [2.45, 2.75) is 13.3 Å². The molecular weight excluding hydrogens is 284 g/mol. The Labute approximate surface area is 128 Å². The molecule has 0 fully saturated rings. The second-order valence-corrected chi connectivity index (χ2v) is 5.57. The Hall–Kier alpha value is -2.13. The molecule has 2 aromatic rings. The molecule has 4 heteroatoms. The average molecular weight is 299 g/mol. The number of benzene rings is 2. The minimum absolute atomic E-state index is 0.0198. The molecule has 3 rings (SSSR count). The number of halogens is 1. The summed E-state index contributed by atoms with van der Waals surface area (Å²) in [6.07, 6.45) is 0.455. The molecule has 3 nitrogen and oxygen atoms in total. The van der Waals surface area contributed by atoms with E-state index in [2.05, 4.69) is 5.10 Å². The lowest BCUT2D eigenvalue weighted by Gasteiger charge is -2.27. The van der Waals surface area contributed by atoms with Crippen molar-refractivity contribution in [3.63, 3.8) is 0 Å². The van der Waals surface area contributed by atoms with Crippen LogP contribution in [0.3, 0.4) is 0 Å². The second-order valence-electron chi connectivity index (χ2n) is 5.14. The number of para-hydroxylation sites is 1. The lowest BCUT2D eigenvalue weighted by Crippen LogP contribution is -2.36. The van der Waals surface area contributed by atoms with Gasteiger partial charge in [0.15, 0.2) is 0 Å². The molecule has 21 heavy (non-hydrogen) atoms. The molecule has 0 bridgehead atoms. The number of rotatable bonds is 2. The number of hydrogen-bond acceptors (Lipinski definition) is 2. The normalized spacial score (nSPS) is 18.6. The van der Waals surface area contributed by atoms with Crippen LogP contribution in [0.25, 0.3) is 0 Å². The minimum Gasteiger partial charge on any atom is -0.273 e. The van der Waals surface area contributed by atoms with Gasteiger partial charge in [-0.25, -0.2) is 5.01 Å². The van der Waals surface area contributed by atoms with Gasteiger partial charge < -0.3 is 0 Å². The number of hydrazone groups is 1. The molecule has 0 aliphatic carbocycles. The van der Waals surface area contributed by atoms with Crippen molar-refractivity contribution < 1.29 is 4.79 Å². The largest absolute Gasteiger partial charge is 0.273 e. The fourth-order valence-corrected chi connectivity index (χ4v) is 2.57. The van der Waals surface area contributed by atoms with Gasteiger partial charge in [0.2, 0.25) is 5.91 Å². The van der Waals surface area contributed by atoms with E-state index in [1.54, 1.807) is 0 Å². The van der Waals surface area contributed by atoms with Crippen LogP contribution in [0.4, 0.5) is 5.69 Å². The highest BCUT2D eigenvalue weighted by Gasteiger charge is 2.28. The highest BCUT2D eigenvalue weighted by atomic mass is 35.5. The van der Waals surface area contributed by atoms with E-state index in [-0.39, 0.29) is 11.8 Å². The molecule has 0 aromatic heterocycles. The van der Waals surface area contributed by atoms with Crippen molar-refractivity contribution in [1.82, 2.24) is 0 Å². The average Bonchev–Trinajstić information content (AvgIpc) is 2.49. The van der Waals surface area contributed by atoms with Crippen LogP contribution in [0, 0.1) is 5.92 Å². The van der Waals surface area contributed by atoms with E-state index in [4.69, 9.17) is 11.6 Å². The maximum absolute atomic E-state index is 12.2. The van der Waals surface area contributed by atoms with Crippen LogP contribution in [0.15, 0.2) is 59.7 Å². The third kappa shape index (κ3) is 2.83. The van der Waals surface area contributed by atoms with Crippen molar-refractivity contribution in [3.8, 4) is 0 Å². The first-order valence-corrected chi connectivity index (χ1v) is 7.25. The summed E-state index contributed by atoms with van der Waals surface area (Å²) in [7, 11) is 0. The summed E-state index contributed by atoms with van der Waals surface area (Å²) in [5.74, 6) is 0.116. The summed E-state index contributed by atoms with van der Waals surface area (Å²) < 4.78 is 0. The number of carbonyl (C=O) groups excluding carboxylic acids is 1. The first-order chi connectivity index (χ1) is 10.1. The van der Waals surface area contributed by atoms with Crippen molar-refractivity contribution >= 4 is 28.9 Å². The zero-order valence-electron chi connectivity index (χ0n) is 11.7. The van der Waals surface area contributed by atoms with Crippen molar-refractivity contribution in [2.24, 2.45) is 11.0 Å². The van der Waals surface area contributed by atoms with Crippen LogP contribution in [0.2, 0.25) is 5.02 Å². The van der Waals surface area contributed by atoms with E-state index in [1.807, 2.05) is 61.5 Å². The van der Waals surface area contributed by atoms with E-state index < -0.39 is 0 Å². The topological polar surface area (TPSA) is 32.7 Å². The summed E-state index contributed by atoms with van der Waals surface area (Å²) >= 11 is 5.93. The van der Waals surface area contributed by atoms with Crippen LogP contribution in [-0.4, -0.2) is 11.6 Å². The van der Waals surface area contributed by atoms with Crippen molar-refractivity contribution in [2.75, 3.05) is 5.01 Å². The van der Waals surface area contributed by atoms with Crippen LogP contribution in [0.1, 0.15) is 18.9 Å². The van der Waals surface area contributed by atoms with Gasteiger partial charge in [0.1, 0.15) is 0 Å². The van der Waals surface area contributed by atoms with Gasteiger partial charge in [0.25, 0.3) is 0 Å². The van der Waals surface area contributed by atoms with E-state index in [0.717, 1.165) is 17.0 Å². The Morgan fingerprint density at radius 3 is 2.43 bits per heavy atom. The third-order valence-corrected chi connectivity index (χ3v) is 3.78. The van der Waals surface area contributed by atoms with E-state index in [9.17, 15) is 4.79 Å². The molecule has 0 N–H and O–H groups in total. The van der Waals surface area contributed by atoms with Crippen LogP contribution in [-0.2, 0) is 4.79 Å². The molecule has 1 atom stereocenters. The Bertz CT molecular complexity index is 680. The van der Waals surface area contributed by atoms with Crippen LogP contribution < -0.4 is 5.01 Å². The number of amides is 1. The zero-order valence-corrected chi connectivity index (χ0v) is 12.4. The summed E-state index contributed by atoms with van der Waals surface area (Å²) in [6, 6.07) is 17.1. The molecule has 0 saturated heterocycles. The van der Waals surface area contributed by atoms with E-state index >= 15 is 0 Å².